The van der Waals surface area contributed by atoms with Crippen LogP contribution in [0.15, 0.2) is 28.7 Å². The van der Waals surface area contributed by atoms with E-state index in [1.807, 2.05) is 0 Å². The van der Waals surface area contributed by atoms with Crippen LogP contribution in [0, 0.1) is 0 Å². The summed E-state index contributed by atoms with van der Waals surface area (Å²) in [4.78, 5) is 4.31. The van der Waals surface area contributed by atoms with Crippen molar-refractivity contribution in [2.45, 2.75) is 0 Å². The molecule has 20 heavy (non-hydrogen) atoms. The van der Waals surface area contributed by atoms with Gasteiger partial charge in [0, 0.05) is 6.07 Å². The van der Waals surface area contributed by atoms with E-state index >= 15 is 0 Å². The molecule has 102 valence electrons. The number of nitrogens with zero attached hydrogens (tertiary/aromatic N) is 1. The zero-order valence-corrected chi connectivity index (χ0v) is 12.8. The molecule has 0 atom stereocenters. The molecular weight excluding hydrogens is 342 g/mol. The van der Waals surface area contributed by atoms with Gasteiger partial charge in [-0.3, -0.25) is 0 Å². The number of fused-ring (bicyclic) bond motifs is 1. The van der Waals surface area contributed by atoms with E-state index in [0.717, 1.165) is 0 Å². The normalized spacial score (nSPS) is 11.2. The fourth-order valence-electron chi connectivity index (χ4n) is 1.80. The van der Waals surface area contributed by atoms with Gasteiger partial charge in [-0.25, -0.2) is 4.98 Å². The molecule has 3 nitrogen and oxygen atoms in total. The summed E-state index contributed by atoms with van der Waals surface area (Å²) in [6, 6.07) is 6.74. The highest BCUT2D eigenvalue weighted by molar-refractivity contribution is 6.44. The van der Waals surface area contributed by atoms with Crippen molar-refractivity contribution in [3.05, 3.63) is 44.4 Å². The summed E-state index contributed by atoms with van der Waals surface area (Å²) in [5.74, 6) is 0.302. The highest BCUT2D eigenvalue weighted by Crippen LogP contribution is 2.39. The van der Waals surface area contributed by atoms with Crippen LogP contribution in [0.2, 0.25) is 20.1 Å². The highest BCUT2D eigenvalue weighted by Gasteiger charge is 2.17. The van der Waals surface area contributed by atoms with Crippen molar-refractivity contribution in [3.8, 4) is 11.5 Å². The Hall–Kier alpha value is -1.13. The van der Waals surface area contributed by atoms with E-state index in [0.29, 0.717) is 37.6 Å². The van der Waals surface area contributed by atoms with Crippen molar-refractivity contribution in [2.75, 3.05) is 5.73 Å². The molecule has 1 aromatic heterocycles. The first-order valence-electron chi connectivity index (χ1n) is 5.47. The molecule has 0 aliphatic carbocycles. The summed E-state index contributed by atoms with van der Waals surface area (Å²) in [5, 5.41) is 1.33. The fourth-order valence-corrected chi connectivity index (χ4v) is 2.66. The van der Waals surface area contributed by atoms with Gasteiger partial charge in [0.05, 0.1) is 31.3 Å². The van der Waals surface area contributed by atoms with Crippen LogP contribution in [0.5, 0.6) is 0 Å². The van der Waals surface area contributed by atoms with E-state index in [1.54, 1.807) is 24.3 Å². The van der Waals surface area contributed by atoms with E-state index in [9.17, 15) is 0 Å². The van der Waals surface area contributed by atoms with Crippen LogP contribution >= 0.6 is 46.4 Å². The predicted molar refractivity (Wildman–Crippen MR) is 83.9 cm³/mol. The zero-order chi connectivity index (χ0) is 14.4. The average Bonchev–Trinajstić information content (AvgIpc) is 2.83. The third-order valence-corrected chi connectivity index (χ3v) is 4.31. The quantitative estimate of drug-likeness (QED) is 0.575. The highest BCUT2D eigenvalue weighted by atomic mass is 35.5. The molecule has 0 unspecified atom stereocenters. The predicted octanol–water partition coefficient (Wildman–Crippen LogP) is 5.69. The molecule has 1 heterocycles. The van der Waals surface area contributed by atoms with Gasteiger partial charge in [0.15, 0.2) is 5.58 Å². The Labute approximate surface area is 134 Å². The number of nitrogen functional groups attached to an aromatic ring is 1. The third kappa shape index (κ3) is 2.11. The number of benzene rings is 2. The lowest BCUT2D eigenvalue weighted by Crippen LogP contribution is -1.88. The van der Waals surface area contributed by atoms with E-state index < -0.39 is 0 Å². The maximum absolute atomic E-state index is 6.14. The lowest BCUT2D eigenvalue weighted by Gasteiger charge is -2.00. The van der Waals surface area contributed by atoms with Gasteiger partial charge in [0.25, 0.3) is 0 Å². The van der Waals surface area contributed by atoms with Gasteiger partial charge in [-0.15, -0.1) is 0 Å². The standard InChI is InChI=1S/C13H6Cl4N2O/c14-6-3-1-2-5(9(6)16)13-19-12-8(20-13)4-7(15)11(18)10(12)17/h1-4H,18H2. The van der Waals surface area contributed by atoms with Crippen LogP contribution in [0.3, 0.4) is 0 Å². The number of halogens is 4. The van der Waals surface area contributed by atoms with E-state index in [2.05, 4.69) is 4.98 Å². The number of aromatic nitrogens is 1. The molecule has 3 aromatic rings. The summed E-state index contributed by atoms with van der Waals surface area (Å²) in [6.45, 7) is 0. The summed E-state index contributed by atoms with van der Waals surface area (Å²) in [5.41, 5.74) is 7.45. The Morgan fingerprint density at radius 1 is 1.00 bits per heavy atom. The van der Waals surface area contributed by atoms with Gasteiger partial charge in [-0.05, 0) is 12.1 Å². The van der Waals surface area contributed by atoms with Crippen molar-refractivity contribution in [3.63, 3.8) is 0 Å². The summed E-state index contributed by atoms with van der Waals surface area (Å²) < 4.78 is 5.63. The molecule has 3 rings (SSSR count). The zero-order valence-electron chi connectivity index (χ0n) is 9.75. The summed E-state index contributed by atoms with van der Waals surface area (Å²) >= 11 is 24.2. The maximum Gasteiger partial charge on any atom is 0.228 e. The monoisotopic (exact) mass is 346 g/mol. The van der Waals surface area contributed by atoms with Crippen LogP contribution in [0.4, 0.5) is 5.69 Å². The largest absolute Gasteiger partial charge is 0.436 e. The Bertz CT molecular complexity index is 829. The average molecular weight is 348 g/mol. The van der Waals surface area contributed by atoms with Gasteiger partial charge >= 0.3 is 0 Å². The molecule has 0 radical (unpaired) electrons. The molecule has 0 amide bonds. The minimum atomic E-state index is 0.251. The number of hydrogen-bond acceptors (Lipinski definition) is 3. The Balaban J connectivity index is 2.29. The Kier molecular flexibility index (Phi) is 3.46. The number of anilines is 1. The lowest BCUT2D eigenvalue weighted by atomic mass is 10.2. The molecule has 0 spiro atoms. The SMILES string of the molecule is Nc1c(Cl)cc2oc(-c3cccc(Cl)c3Cl)nc2c1Cl. The van der Waals surface area contributed by atoms with Gasteiger partial charge in [0.1, 0.15) is 5.52 Å². The molecule has 2 aromatic carbocycles. The van der Waals surface area contributed by atoms with Crippen molar-refractivity contribution in [1.82, 2.24) is 4.98 Å². The minimum Gasteiger partial charge on any atom is -0.436 e. The Morgan fingerprint density at radius 3 is 2.50 bits per heavy atom. The minimum absolute atomic E-state index is 0.251. The summed E-state index contributed by atoms with van der Waals surface area (Å²) in [7, 11) is 0. The van der Waals surface area contributed by atoms with Gasteiger partial charge in [-0.1, -0.05) is 52.5 Å². The molecule has 0 saturated heterocycles. The van der Waals surface area contributed by atoms with Crippen LogP contribution in [-0.4, -0.2) is 4.98 Å². The van der Waals surface area contributed by atoms with Crippen molar-refractivity contribution in [2.24, 2.45) is 0 Å². The smallest absolute Gasteiger partial charge is 0.228 e. The fraction of sp³-hybridized carbons (Fsp3) is 0. The number of hydrogen-bond donors (Lipinski definition) is 1. The first-order chi connectivity index (χ1) is 9.49. The number of nitrogens with two attached hydrogens (primary N) is 1. The van der Waals surface area contributed by atoms with E-state index in [-0.39, 0.29) is 10.7 Å². The second-order valence-corrected chi connectivity index (χ2v) is 5.62. The topological polar surface area (TPSA) is 52.0 Å². The molecule has 0 saturated carbocycles. The van der Waals surface area contributed by atoms with Crippen molar-refractivity contribution < 1.29 is 4.42 Å². The van der Waals surface area contributed by atoms with E-state index in [4.69, 9.17) is 56.6 Å². The van der Waals surface area contributed by atoms with Crippen molar-refractivity contribution in [1.29, 1.82) is 0 Å². The molecule has 0 fully saturated rings. The molecule has 0 aliphatic rings. The third-order valence-electron chi connectivity index (χ3n) is 2.79. The van der Waals surface area contributed by atoms with Gasteiger partial charge < -0.3 is 10.2 Å². The number of rotatable bonds is 1. The molecular formula is C13H6Cl4N2O. The van der Waals surface area contributed by atoms with Gasteiger partial charge in [0.2, 0.25) is 5.89 Å². The Morgan fingerprint density at radius 2 is 1.75 bits per heavy atom. The first kappa shape index (κ1) is 13.8. The van der Waals surface area contributed by atoms with Crippen molar-refractivity contribution >= 4 is 63.2 Å². The summed E-state index contributed by atoms with van der Waals surface area (Å²) in [6.07, 6.45) is 0. The lowest BCUT2D eigenvalue weighted by molar-refractivity contribution is 0.620. The molecule has 0 bridgehead atoms. The van der Waals surface area contributed by atoms with Crippen LogP contribution < -0.4 is 5.73 Å². The second-order valence-electron chi connectivity index (χ2n) is 4.05. The number of oxazole rings is 1. The molecule has 2 N–H and O–H groups in total. The van der Waals surface area contributed by atoms with Gasteiger partial charge in [-0.2, -0.15) is 0 Å². The first-order valence-corrected chi connectivity index (χ1v) is 6.98. The second kappa shape index (κ2) is 5.01. The van der Waals surface area contributed by atoms with Crippen LogP contribution in [-0.2, 0) is 0 Å². The molecule has 0 aliphatic heterocycles. The maximum atomic E-state index is 6.14. The van der Waals surface area contributed by atoms with E-state index in [1.165, 1.54) is 0 Å². The van der Waals surface area contributed by atoms with Crippen LogP contribution in [0.25, 0.3) is 22.6 Å². The van der Waals surface area contributed by atoms with Crippen LogP contribution in [0.1, 0.15) is 0 Å². The molecule has 7 heteroatoms.